The summed E-state index contributed by atoms with van der Waals surface area (Å²) >= 11 is 13.3. The number of piperazine rings is 1. The van der Waals surface area contributed by atoms with E-state index in [0.717, 1.165) is 34.1 Å². The minimum Gasteiger partial charge on any atom is -0.487 e. The molecule has 1 aromatic heterocycles. The number of hydrogen-bond donors (Lipinski definition) is 1. The van der Waals surface area contributed by atoms with E-state index in [0.29, 0.717) is 75.1 Å². The number of pyridine rings is 1. The summed E-state index contributed by atoms with van der Waals surface area (Å²) in [4.78, 5) is 34.8. The van der Waals surface area contributed by atoms with Crippen LogP contribution in [0.5, 0.6) is 5.75 Å². The number of rotatable bonds is 11. The molecule has 2 aliphatic rings. The minimum atomic E-state index is -4.25. The SMILES string of the molecule is Cc1cc(C)c2cccc(OCc3c(Cl)ccc(S(=O)(=O)NC4(C(=O)N5CCN(C(=O)CCC[N+](C)(C)C)CC5)CCCC4)c3Cl)c2n1. The summed E-state index contributed by atoms with van der Waals surface area (Å²) in [6.45, 7) is 6.30. The lowest BCUT2D eigenvalue weighted by Gasteiger charge is -2.40. The van der Waals surface area contributed by atoms with E-state index >= 15 is 0 Å². The first-order valence-corrected chi connectivity index (χ1v) is 18.7. The normalized spacial score (nSPS) is 16.8. The Morgan fingerprint density at radius 2 is 1.67 bits per heavy atom. The third-order valence-corrected chi connectivity index (χ3v) is 11.8. The molecule has 5 rings (SSSR count). The fourth-order valence-corrected chi connectivity index (χ4v) is 9.02. The number of carbonyl (C=O) groups excluding carboxylic acids is 2. The molecule has 2 heterocycles. The van der Waals surface area contributed by atoms with Gasteiger partial charge < -0.3 is 19.0 Å². The van der Waals surface area contributed by atoms with Crippen LogP contribution >= 0.6 is 23.2 Å². The molecule has 13 heteroatoms. The van der Waals surface area contributed by atoms with Crippen LogP contribution in [0.3, 0.4) is 0 Å². The number of nitrogens with zero attached hydrogens (tertiary/aromatic N) is 4. The Kier molecular flexibility index (Phi) is 11.0. The van der Waals surface area contributed by atoms with Gasteiger partial charge in [0, 0.05) is 60.7 Å². The molecule has 3 aromatic rings. The van der Waals surface area contributed by atoms with Crippen LogP contribution in [0.15, 0.2) is 41.3 Å². The quantitative estimate of drug-likeness (QED) is 0.263. The number of para-hydroxylation sites is 1. The average molecular weight is 720 g/mol. The Morgan fingerprint density at radius 1 is 1.00 bits per heavy atom. The molecule has 1 aliphatic heterocycles. The van der Waals surface area contributed by atoms with Gasteiger partial charge in [0.05, 0.1) is 32.7 Å². The van der Waals surface area contributed by atoms with Crippen molar-refractivity contribution in [1.29, 1.82) is 0 Å². The summed E-state index contributed by atoms with van der Waals surface area (Å²) in [5.41, 5.74) is 1.63. The van der Waals surface area contributed by atoms with Gasteiger partial charge in [0.25, 0.3) is 0 Å². The highest BCUT2D eigenvalue weighted by Crippen LogP contribution is 2.37. The molecule has 1 aliphatic carbocycles. The van der Waals surface area contributed by atoms with Crippen molar-refractivity contribution in [2.75, 3.05) is 53.9 Å². The number of hydrogen-bond acceptors (Lipinski definition) is 6. The monoisotopic (exact) mass is 718 g/mol. The fraction of sp³-hybridized carbons (Fsp3) is 0.514. The number of aromatic nitrogens is 1. The predicted molar refractivity (Wildman–Crippen MR) is 189 cm³/mol. The highest BCUT2D eigenvalue weighted by atomic mass is 35.5. The zero-order valence-corrected chi connectivity index (χ0v) is 30.8. The van der Waals surface area contributed by atoms with Crippen LogP contribution in [0.4, 0.5) is 0 Å². The van der Waals surface area contributed by atoms with E-state index in [1.54, 1.807) is 15.9 Å². The van der Waals surface area contributed by atoms with Crippen molar-refractivity contribution in [3.63, 3.8) is 0 Å². The van der Waals surface area contributed by atoms with Crippen molar-refractivity contribution < 1.29 is 27.2 Å². The van der Waals surface area contributed by atoms with Crippen LogP contribution in [0.2, 0.25) is 10.0 Å². The molecular weight excluding hydrogens is 673 g/mol. The predicted octanol–water partition coefficient (Wildman–Crippen LogP) is 5.49. The zero-order chi connectivity index (χ0) is 34.9. The summed E-state index contributed by atoms with van der Waals surface area (Å²) < 4.78 is 37.7. The Balaban J connectivity index is 1.30. The smallest absolute Gasteiger partial charge is 0.243 e. The second-order valence-corrected chi connectivity index (χ2v) is 16.5. The Morgan fingerprint density at radius 3 is 2.33 bits per heavy atom. The Hall–Kier alpha value is -2.96. The van der Waals surface area contributed by atoms with Crippen LogP contribution in [-0.4, -0.2) is 98.9 Å². The molecule has 2 aromatic carbocycles. The van der Waals surface area contributed by atoms with Gasteiger partial charge in [-0.2, -0.15) is 4.72 Å². The van der Waals surface area contributed by atoms with E-state index < -0.39 is 15.6 Å². The lowest BCUT2D eigenvalue weighted by Crippen LogP contribution is -2.61. The van der Waals surface area contributed by atoms with Crippen molar-refractivity contribution >= 4 is 55.9 Å². The van der Waals surface area contributed by atoms with E-state index in [-0.39, 0.29) is 33.4 Å². The van der Waals surface area contributed by atoms with E-state index in [1.807, 2.05) is 32.0 Å². The molecule has 0 unspecified atom stereocenters. The van der Waals surface area contributed by atoms with Gasteiger partial charge in [0.1, 0.15) is 28.3 Å². The number of aryl methyl sites for hydroxylation is 2. The fourth-order valence-electron chi connectivity index (χ4n) is 6.71. The Labute approximate surface area is 294 Å². The first kappa shape index (κ1) is 36.3. The number of nitrogens with one attached hydrogen (secondary N) is 1. The van der Waals surface area contributed by atoms with Gasteiger partial charge in [-0.1, -0.05) is 48.2 Å². The zero-order valence-electron chi connectivity index (χ0n) is 28.4. The number of quaternary nitrogens is 1. The molecule has 0 spiro atoms. The van der Waals surface area contributed by atoms with Crippen LogP contribution in [-0.2, 0) is 26.2 Å². The molecule has 1 N–H and O–H groups in total. The first-order valence-electron chi connectivity index (χ1n) is 16.5. The summed E-state index contributed by atoms with van der Waals surface area (Å²) in [5.74, 6) is 0.355. The molecule has 10 nitrogen and oxygen atoms in total. The lowest BCUT2D eigenvalue weighted by atomic mass is 9.96. The van der Waals surface area contributed by atoms with Gasteiger partial charge in [-0.25, -0.2) is 13.4 Å². The highest BCUT2D eigenvalue weighted by molar-refractivity contribution is 7.89. The number of halogens is 2. The number of amides is 2. The van der Waals surface area contributed by atoms with Gasteiger partial charge in [0.15, 0.2) is 0 Å². The minimum absolute atomic E-state index is 0.0615. The maximum absolute atomic E-state index is 14.0. The highest BCUT2D eigenvalue weighted by Gasteiger charge is 2.47. The van der Waals surface area contributed by atoms with E-state index in [9.17, 15) is 18.0 Å². The number of ether oxygens (including phenoxy) is 1. The van der Waals surface area contributed by atoms with E-state index in [1.165, 1.54) is 12.1 Å². The third kappa shape index (κ3) is 8.08. The van der Waals surface area contributed by atoms with Crippen molar-refractivity contribution in [1.82, 2.24) is 19.5 Å². The van der Waals surface area contributed by atoms with E-state index in [2.05, 4.69) is 30.8 Å². The molecule has 260 valence electrons. The Bertz CT molecular complexity index is 1800. The number of sulfonamides is 1. The lowest BCUT2D eigenvalue weighted by molar-refractivity contribution is -0.870. The molecule has 2 amide bonds. The first-order chi connectivity index (χ1) is 22.6. The van der Waals surface area contributed by atoms with Crippen LogP contribution in [0.25, 0.3) is 10.9 Å². The summed E-state index contributed by atoms with van der Waals surface area (Å²) in [6.07, 6.45) is 3.45. The number of benzene rings is 2. The molecule has 0 radical (unpaired) electrons. The third-order valence-electron chi connectivity index (χ3n) is 9.28. The van der Waals surface area contributed by atoms with Crippen molar-refractivity contribution in [2.24, 2.45) is 0 Å². The van der Waals surface area contributed by atoms with Crippen LogP contribution in [0, 0.1) is 13.8 Å². The molecule has 0 bridgehead atoms. The standard InChI is InChI=1S/C35H46Cl2N5O5S/c1-24-22-25(2)38-33-26(24)10-8-11-29(33)47-23-27-28(36)13-14-30(32(27)37)48(45,46)39-35(15-6-7-16-35)34(44)41-19-17-40(18-20-41)31(43)12-9-21-42(3,4)5/h8,10-11,13-14,22,39H,6-7,9,12,15-21,23H2,1-5H3/q+1. The van der Waals surface area contributed by atoms with Gasteiger partial charge in [-0.3, -0.25) is 9.59 Å². The average Bonchev–Trinajstić information content (AvgIpc) is 3.48. The number of carbonyl (C=O) groups is 2. The van der Waals surface area contributed by atoms with Crippen molar-refractivity contribution in [3.8, 4) is 5.75 Å². The maximum Gasteiger partial charge on any atom is 0.243 e. The molecule has 1 saturated heterocycles. The van der Waals surface area contributed by atoms with Crippen LogP contribution < -0.4 is 9.46 Å². The molecule has 2 fully saturated rings. The summed E-state index contributed by atoms with van der Waals surface area (Å²) in [6, 6.07) is 10.5. The second-order valence-electron chi connectivity index (χ2n) is 14.0. The van der Waals surface area contributed by atoms with Gasteiger partial charge in [0.2, 0.25) is 21.8 Å². The number of fused-ring (bicyclic) bond motifs is 1. The van der Waals surface area contributed by atoms with Crippen molar-refractivity contribution in [3.05, 3.63) is 63.3 Å². The molecule has 1 saturated carbocycles. The molecule has 0 atom stereocenters. The largest absolute Gasteiger partial charge is 0.487 e. The van der Waals surface area contributed by atoms with Gasteiger partial charge in [-0.05, 0) is 56.5 Å². The topological polar surface area (TPSA) is 109 Å². The second kappa shape index (κ2) is 14.5. The van der Waals surface area contributed by atoms with Crippen molar-refractivity contribution in [2.45, 2.75) is 69.4 Å². The van der Waals surface area contributed by atoms with Crippen LogP contribution in [0.1, 0.15) is 55.3 Å². The summed E-state index contributed by atoms with van der Waals surface area (Å²) in [5, 5.41) is 1.15. The van der Waals surface area contributed by atoms with Gasteiger partial charge in [-0.15, -0.1) is 0 Å². The van der Waals surface area contributed by atoms with Gasteiger partial charge >= 0.3 is 0 Å². The summed E-state index contributed by atoms with van der Waals surface area (Å²) in [7, 11) is 2.05. The molecule has 48 heavy (non-hydrogen) atoms. The maximum atomic E-state index is 14.0. The van der Waals surface area contributed by atoms with E-state index in [4.69, 9.17) is 27.9 Å². The molecular formula is C35H46Cl2N5O5S+.